The highest BCUT2D eigenvalue weighted by Gasteiger charge is 2.21. The number of rotatable bonds is 4. The molecule has 0 radical (unpaired) electrons. The number of nitrogens with one attached hydrogen (secondary N) is 3. The van der Waals surface area contributed by atoms with Gasteiger partial charge in [-0.05, 0) is 12.3 Å². The molecule has 0 saturated carbocycles. The summed E-state index contributed by atoms with van der Waals surface area (Å²) in [6.45, 7) is 0. The lowest BCUT2D eigenvalue weighted by Crippen LogP contribution is -2.25. The van der Waals surface area contributed by atoms with E-state index >= 15 is 0 Å². The van der Waals surface area contributed by atoms with E-state index in [4.69, 9.17) is 0 Å². The average molecular weight is 363 g/mol. The number of aromatic amines is 2. The predicted octanol–water partition coefficient (Wildman–Crippen LogP) is 0.769. The summed E-state index contributed by atoms with van der Waals surface area (Å²) in [5.74, 6) is -3.06. The van der Waals surface area contributed by atoms with Gasteiger partial charge in [-0.25, -0.2) is 9.37 Å². The van der Waals surface area contributed by atoms with Crippen molar-refractivity contribution in [1.29, 1.82) is 0 Å². The molecular formula is C13H10FN7O3S. The second kappa shape index (κ2) is 6.68. The molecule has 0 unspecified atom stereocenters. The number of halogens is 1. The molecule has 0 aliphatic heterocycles. The van der Waals surface area contributed by atoms with E-state index in [1.165, 1.54) is 12.4 Å². The first-order valence-corrected chi connectivity index (χ1v) is 7.93. The molecule has 12 heteroatoms. The van der Waals surface area contributed by atoms with Gasteiger partial charge in [-0.15, -0.1) is 5.10 Å². The Morgan fingerprint density at radius 3 is 2.84 bits per heavy atom. The number of hydrogen-bond donors (Lipinski definition) is 4. The Morgan fingerprint density at radius 2 is 2.24 bits per heavy atom. The molecule has 4 N–H and O–H groups in total. The van der Waals surface area contributed by atoms with Crippen LogP contribution in [0.1, 0.15) is 10.4 Å². The minimum atomic E-state index is -1.04. The lowest BCUT2D eigenvalue weighted by Gasteiger charge is -2.07. The van der Waals surface area contributed by atoms with Gasteiger partial charge in [0.25, 0.3) is 11.5 Å². The van der Waals surface area contributed by atoms with Crippen molar-refractivity contribution in [2.45, 2.75) is 5.16 Å². The van der Waals surface area contributed by atoms with E-state index in [0.717, 1.165) is 17.8 Å². The van der Waals surface area contributed by atoms with E-state index in [-0.39, 0.29) is 5.16 Å². The van der Waals surface area contributed by atoms with Gasteiger partial charge in [-0.2, -0.15) is 4.98 Å². The zero-order chi connectivity index (χ0) is 18.0. The molecule has 10 nitrogen and oxygen atoms in total. The standard InChI is InChI=1S/C13H10FN7O3S/c1-25-13-18-11(23)8(12(24)19-13)10(22)17-9-6(14)2-5(3-15-9)7-4-16-21-20-7/h2-4H,1H3,(H,15,17,22)(H,16,20,21)(H2,18,19,23,24). The molecule has 0 saturated heterocycles. The number of hydrogen-bond acceptors (Lipinski definition) is 8. The number of carbonyl (C=O) groups is 1. The Morgan fingerprint density at radius 1 is 1.44 bits per heavy atom. The minimum Gasteiger partial charge on any atom is -0.493 e. The summed E-state index contributed by atoms with van der Waals surface area (Å²) >= 11 is 1.08. The highest BCUT2D eigenvalue weighted by atomic mass is 32.2. The monoisotopic (exact) mass is 363 g/mol. The third-order valence-corrected chi connectivity index (χ3v) is 3.66. The zero-order valence-corrected chi connectivity index (χ0v) is 13.4. The van der Waals surface area contributed by atoms with Crippen molar-refractivity contribution in [1.82, 2.24) is 30.4 Å². The van der Waals surface area contributed by atoms with Crippen LogP contribution in [0.4, 0.5) is 10.2 Å². The fraction of sp³-hybridized carbons (Fsp3) is 0.0769. The molecule has 0 aliphatic carbocycles. The van der Waals surface area contributed by atoms with Crippen LogP contribution in [0.3, 0.4) is 0 Å². The third-order valence-electron chi connectivity index (χ3n) is 3.08. The first-order valence-electron chi connectivity index (χ1n) is 6.70. The quantitative estimate of drug-likeness (QED) is 0.392. The number of amides is 1. The fourth-order valence-electron chi connectivity index (χ4n) is 1.93. The van der Waals surface area contributed by atoms with Crippen LogP contribution < -0.4 is 10.9 Å². The highest BCUT2D eigenvalue weighted by Crippen LogP contribution is 2.21. The SMILES string of the molecule is CSc1nc(O)c(C(=O)Nc2ncc(-c3c[nH]nn3)cc2F)c(=O)[nH]1. The molecule has 128 valence electrons. The fourth-order valence-corrected chi connectivity index (χ4v) is 2.30. The van der Waals surface area contributed by atoms with Crippen LogP contribution in [0.25, 0.3) is 11.3 Å². The van der Waals surface area contributed by atoms with Gasteiger partial charge in [0.05, 0.1) is 6.20 Å². The molecule has 0 spiro atoms. The van der Waals surface area contributed by atoms with Gasteiger partial charge in [-0.1, -0.05) is 17.0 Å². The molecule has 3 heterocycles. The van der Waals surface area contributed by atoms with Crippen LogP contribution >= 0.6 is 11.8 Å². The molecule has 3 rings (SSSR count). The first kappa shape index (κ1) is 16.6. The van der Waals surface area contributed by atoms with Crippen molar-refractivity contribution in [2.24, 2.45) is 0 Å². The van der Waals surface area contributed by atoms with Crippen LogP contribution in [0.15, 0.2) is 28.4 Å². The van der Waals surface area contributed by atoms with Crippen LogP contribution in [-0.2, 0) is 0 Å². The average Bonchev–Trinajstić information content (AvgIpc) is 3.10. The summed E-state index contributed by atoms with van der Waals surface area (Å²) in [5, 5.41) is 21.7. The van der Waals surface area contributed by atoms with E-state index < -0.39 is 34.5 Å². The highest BCUT2D eigenvalue weighted by molar-refractivity contribution is 7.98. The van der Waals surface area contributed by atoms with E-state index in [1.54, 1.807) is 6.26 Å². The second-order valence-corrected chi connectivity index (χ2v) is 5.44. The van der Waals surface area contributed by atoms with E-state index in [2.05, 4.69) is 35.7 Å². The topological polar surface area (TPSA) is 150 Å². The number of aromatic hydroxyl groups is 1. The van der Waals surface area contributed by atoms with Crippen molar-refractivity contribution in [2.75, 3.05) is 11.6 Å². The summed E-state index contributed by atoms with van der Waals surface area (Å²) in [7, 11) is 0. The van der Waals surface area contributed by atoms with Crippen molar-refractivity contribution in [3.63, 3.8) is 0 Å². The summed E-state index contributed by atoms with van der Waals surface area (Å²) in [4.78, 5) is 33.8. The van der Waals surface area contributed by atoms with Gasteiger partial charge in [0.2, 0.25) is 5.88 Å². The van der Waals surface area contributed by atoms with Crippen LogP contribution in [0, 0.1) is 5.82 Å². The summed E-state index contributed by atoms with van der Waals surface area (Å²) in [6, 6.07) is 1.10. The summed E-state index contributed by atoms with van der Waals surface area (Å²) < 4.78 is 14.1. The van der Waals surface area contributed by atoms with Gasteiger partial charge in [0.15, 0.2) is 22.4 Å². The predicted molar refractivity (Wildman–Crippen MR) is 85.8 cm³/mol. The van der Waals surface area contributed by atoms with Gasteiger partial charge in [0.1, 0.15) is 5.69 Å². The molecule has 0 fully saturated rings. The molecule has 3 aromatic rings. The van der Waals surface area contributed by atoms with E-state index in [9.17, 15) is 19.1 Å². The molecule has 0 aromatic carbocycles. The number of aromatic nitrogens is 6. The van der Waals surface area contributed by atoms with Gasteiger partial charge in [0, 0.05) is 11.8 Å². The minimum absolute atomic E-state index is 0.139. The van der Waals surface area contributed by atoms with Crippen molar-refractivity contribution < 1.29 is 14.3 Å². The van der Waals surface area contributed by atoms with Crippen LogP contribution in [-0.4, -0.2) is 47.6 Å². The van der Waals surface area contributed by atoms with E-state index in [0.29, 0.717) is 11.3 Å². The lowest BCUT2D eigenvalue weighted by molar-refractivity contribution is 0.102. The van der Waals surface area contributed by atoms with Crippen LogP contribution in [0.5, 0.6) is 5.88 Å². The number of H-pyrrole nitrogens is 2. The van der Waals surface area contributed by atoms with E-state index in [1.807, 2.05) is 0 Å². The number of thioether (sulfide) groups is 1. The molecule has 3 aromatic heterocycles. The molecule has 0 bridgehead atoms. The molecule has 25 heavy (non-hydrogen) atoms. The molecule has 0 aliphatic rings. The molecule has 0 atom stereocenters. The third kappa shape index (κ3) is 3.33. The normalized spacial score (nSPS) is 10.6. The smallest absolute Gasteiger partial charge is 0.268 e. The lowest BCUT2D eigenvalue weighted by atomic mass is 10.2. The number of carbonyl (C=O) groups excluding carboxylic acids is 1. The van der Waals surface area contributed by atoms with Crippen molar-refractivity contribution >= 4 is 23.5 Å². The second-order valence-electron chi connectivity index (χ2n) is 4.64. The maximum atomic E-state index is 14.1. The van der Waals surface area contributed by atoms with Gasteiger partial charge in [-0.3, -0.25) is 14.7 Å². The van der Waals surface area contributed by atoms with Crippen LogP contribution in [0.2, 0.25) is 0 Å². The number of anilines is 1. The molecule has 1 amide bonds. The summed E-state index contributed by atoms with van der Waals surface area (Å²) in [6.07, 6.45) is 4.36. The summed E-state index contributed by atoms with van der Waals surface area (Å²) in [5.41, 5.74) is -0.778. The Kier molecular flexibility index (Phi) is 4.43. The first-order chi connectivity index (χ1) is 12.0. The number of pyridine rings is 1. The van der Waals surface area contributed by atoms with Crippen molar-refractivity contribution in [3.05, 3.63) is 40.2 Å². The maximum Gasteiger partial charge on any atom is 0.268 e. The van der Waals surface area contributed by atoms with Gasteiger partial charge >= 0.3 is 0 Å². The Hall–Kier alpha value is -3.28. The Balaban J connectivity index is 1.88. The zero-order valence-electron chi connectivity index (χ0n) is 12.6. The largest absolute Gasteiger partial charge is 0.493 e. The Labute approximate surface area is 142 Å². The molecular weight excluding hydrogens is 353 g/mol. The van der Waals surface area contributed by atoms with Gasteiger partial charge < -0.3 is 15.4 Å². The van der Waals surface area contributed by atoms with Crippen molar-refractivity contribution in [3.8, 4) is 17.1 Å². The Bertz CT molecular complexity index is 990. The number of nitrogens with zero attached hydrogens (tertiary/aromatic N) is 4. The maximum absolute atomic E-state index is 14.1.